The molecule has 8 nitrogen and oxygen atoms in total. The first-order chi connectivity index (χ1) is 14.6. The number of para-hydroxylation sites is 3. The van der Waals surface area contributed by atoms with E-state index in [9.17, 15) is 14.4 Å². The molecule has 0 fully saturated rings. The maximum absolute atomic E-state index is 12.4. The summed E-state index contributed by atoms with van der Waals surface area (Å²) in [6.45, 7) is 0.518. The summed E-state index contributed by atoms with van der Waals surface area (Å²) in [6, 6.07) is 13.9. The number of amides is 3. The Hall–Kier alpha value is -3.68. The van der Waals surface area contributed by atoms with Crippen molar-refractivity contribution < 1.29 is 14.4 Å². The zero-order valence-corrected chi connectivity index (χ0v) is 16.4. The molecule has 0 aliphatic carbocycles. The summed E-state index contributed by atoms with van der Waals surface area (Å²) in [6.07, 6.45) is 1.87. The monoisotopic (exact) mass is 405 g/mol. The zero-order chi connectivity index (χ0) is 20.9. The standard InChI is InChI=1S/C22H23N5O3/c28-20(23-13-5-10-19-24-16-8-3-4-9-17(16)25-19)12-11-18-22(30)26-15-7-2-1-6-14(15)21(29)27-18/h1-4,6-9,18H,5,10-13H2,(H,23,28)(H,24,25)(H,26,30)(H,27,29)/t18-/m1/s1. The smallest absolute Gasteiger partial charge is 0.254 e. The average molecular weight is 405 g/mol. The number of benzene rings is 2. The SMILES string of the molecule is O=C(CC[C@H]1NC(=O)c2ccccc2NC1=O)NCCCc1nc2ccccc2[nH]1. The number of aromatic nitrogens is 2. The normalized spacial score (nSPS) is 15.8. The number of carbonyl (C=O) groups is 3. The third kappa shape index (κ3) is 4.48. The fraction of sp³-hybridized carbons (Fsp3) is 0.273. The number of fused-ring (bicyclic) bond motifs is 2. The highest BCUT2D eigenvalue weighted by Crippen LogP contribution is 2.19. The van der Waals surface area contributed by atoms with Gasteiger partial charge in [-0.15, -0.1) is 0 Å². The van der Waals surface area contributed by atoms with Gasteiger partial charge in [-0.1, -0.05) is 24.3 Å². The van der Waals surface area contributed by atoms with Crippen LogP contribution in [0.4, 0.5) is 5.69 Å². The van der Waals surface area contributed by atoms with Crippen molar-refractivity contribution in [2.45, 2.75) is 31.7 Å². The maximum Gasteiger partial charge on any atom is 0.254 e. The second kappa shape index (κ2) is 8.77. The van der Waals surface area contributed by atoms with Gasteiger partial charge in [0, 0.05) is 19.4 Å². The van der Waals surface area contributed by atoms with Crippen molar-refractivity contribution in [2.24, 2.45) is 0 Å². The van der Waals surface area contributed by atoms with E-state index in [0.29, 0.717) is 17.8 Å². The molecule has 1 aromatic heterocycles. The molecule has 4 rings (SSSR count). The molecule has 1 aliphatic rings. The second-order valence-corrected chi connectivity index (χ2v) is 7.25. The van der Waals surface area contributed by atoms with E-state index in [2.05, 4.69) is 25.9 Å². The van der Waals surface area contributed by atoms with Crippen LogP contribution in [-0.4, -0.2) is 40.3 Å². The lowest BCUT2D eigenvalue weighted by Crippen LogP contribution is -2.42. The molecule has 30 heavy (non-hydrogen) atoms. The van der Waals surface area contributed by atoms with Gasteiger partial charge in [0.1, 0.15) is 11.9 Å². The van der Waals surface area contributed by atoms with Crippen LogP contribution in [0.3, 0.4) is 0 Å². The summed E-state index contributed by atoms with van der Waals surface area (Å²) in [4.78, 5) is 44.6. The van der Waals surface area contributed by atoms with Gasteiger partial charge in [-0.3, -0.25) is 14.4 Å². The van der Waals surface area contributed by atoms with E-state index < -0.39 is 6.04 Å². The predicted molar refractivity (Wildman–Crippen MR) is 113 cm³/mol. The van der Waals surface area contributed by atoms with Gasteiger partial charge in [0.25, 0.3) is 5.91 Å². The van der Waals surface area contributed by atoms with E-state index in [1.165, 1.54) is 0 Å². The molecule has 2 heterocycles. The van der Waals surface area contributed by atoms with Crippen LogP contribution in [0.5, 0.6) is 0 Å². The third-order valence-corrected chi connectivity index (χ3v) is 5.06. The summed E-state index contributed by atoms with van der Waals surface area (Å²) < 4.78 is 0. The van der Waals surface area contributed by atoms with E-state index in [0.717, 1.165) is 29.7 Å². The first kappa shape index (κ1) is 19.6. The summed E-state index contributed by atoms with van der Waals surface area (Å²) in [7, 11) is 0. The highest BCUT2D eigenvalue weighted by Gasteiger charge is 2.27. The van der Waals surface area contributed by atoms with E-state index in [4.69, 9.17) is 0 Å². The van der Waals surface area contributed by atoms with Gasteiger partial charge in [0.2, 0.25) is 11.8 Å². The van der Waals surface area contributed by atoms with Crippen LogP contribution in [0, 0.1) is 0 Å². The van der Waals surface area contributed by atoms with Gasteiger partial charge in [-0.25, -0.2) is 4.98 Å². The number of anilines is 1. The molecule has 0 radical (unpaired) electrons. The van der Waals surface area contributed by atoms with Crippen LogP contribution in [0.25, 0.3) is 11.0 Å². The van der Waals surface area contributed by atoms with Crippen LogP contribution in [-0.2, 0) is 16.0 Å². The number of hydrogen-bond donors (Lipinski definition) is 4. The number of nitrogens with one attached hydrogen (secondary N) is 4. The fourth-order valence-corrected chi connectivity index (χ4v) is 3.49. The lowest BCUT2D eigenvalue weighted by molar-refractivity contribution is -0.121. The molecular weight excluding hydrogens is 382 g/mol. The van der Waals surface area contributed by atoms with Crippen molar-refractivity contribution in [2.75, 3.05) is 11.9 Å². The molecule has 3 amide bonds. The molecule has 154 valence electrons. The minimum Gasteiger partial charge on any atom is -0.356 e. The summed E-state index contributed by atoms with van der Waals surface area (Å²) in [5.74, 6) is 0.109. The lowest BCUT2D eigenvalue weighted by Gasteiger charge is -2.14. The first-order valence-electron chi connectivity index (χ1n) is 10.0. The van der Waals surface area contributed by atoms with E-state index in [1.54, 1.807) is 24.3 Å². The molecule has 3 aromatic rings. The molecule has 0 bridgehead atoms. The van der Waals surface area contributed by atoms with Crippen LogP contribution in [0.15, 0.2) is 48.5 Å². The molecule has 1 atom stereocenters. The Morgan fingerprint density at radius 1 is 1.07 bits per heavy atom. The largest absolute Gasteiger partial charge is 0.356 e. The van der Waals surface area contributed by atoms with E-state index >= 15 is 0 Å². The summed E-state index contributed by atoms with van der Waals surface area (Å²) in [5, 5.41) is 8.30. The predicted octanol–water partition coefficient (Wildman–Crippen LogP) is 2.14. The highest BCUT2D eigenvalue weighted by atomic mass is 16.2. The minimum absolute atomic E-state index is 0.150. The Morgan fingerprint density at radius 3 is 2.73 bits per heavy atom. The molecular formula is C22H23N5O3. The molecule has 2 aromatic carbocycles. The Kier molecular flexibility index (Phi) is 5.74. The molecule has 0 saturated carbocycles. The number of carbonyl (C=O) groups excluding carboxylic acids is 3. The number of nitrogens with zero attached hydrogens (tertiary/aromatic N) is 1. The molecule has 8 heteroatoms. The molecule has 0 saturated heterocycles. The van der Waals surface area contributed by atoms with Crippen molar-refractivity contribution >= 4 is 34.4 Å². The minimum atomic E-state index is -0.744. The van der Waals surface area contributed by atoms with Gasteiger partial charge < -0.3 is 20.9 Å². The summed E-state index contributed by atoms with van der Waals surface area (Å²) >= 11 is 0. The van der Waals surface area contributed by atoms with Crippen LogP contribution < -0.4 is 16.0 Å². The zero-order valence-electron chi connectivity index (χ0n) is 16.4. The average Bonchev–Trinajstić information content (AvgIpc) is 3.12. The van der Waals surface area contributed by atoms with Gasteiger partial charge in [-0.2, -0.15) is 0 Å². The highest BCUT2D eigenvalue weighted by molar-refractivity contribution is 6.09. The Balaban J connectivity index is 1.21. The number of aryl methyl sites for hydroxylation is 1. The fourth-order valence-electron chi connectivity index (χ4n) is 3.49. The van der Waals surface area contributed by atoms with Crippen molar-refractivity contribution in [1.82, 2.24) is 20.6 Å². The van der Waals surface area contributed by atoms with Crippen molar-refractivity contribution in [3.63, 3.8) is 0 Å². The summed E-state index contributed by atoms with van der Waals surface area (Å²) in [5.41, 5.74) is 2.84. The molecule has 4 N–H and O–H groups in total. The Labute approximate surface area is 173 Å². The topological polar surface area (TPSA) is 116 Å². The number of imidazole rings is 1. The number of aromatic amines is 1. The lowest BCUT2D eigenvalue weighted by atomic mass is 10.1. The number of hydrogen-bond acceptors (Lipinski definition) is 4. The van der Waals surface area contributed by atoms with Gasteiger partial charge >= 0.3 is 0 Å². The van der Waals surface area contributed by atoms with E-state index in [1.807, 2.05) is 24.3 Å². The number of rotatable bonds is 7. The van der Waals surface area contributed by atoms with Crippen LogP contribution in [0.2, 0.25) is 0 Å². The van der Waals surface area contributed by atoms with Crippen molar-refractivity contribution in [3.8, 4) is 0 Å². The Bertz CT molecular complexity index is 1060. The molecule has 1 aliphatic heterocycles. The van der Waals surface area contributed by atoms with Crippen molar-refractivity contribution in [1.29, 1.82) is 0 Å². The Morgan fingerprint density at radius 2 is 1.87 bits per heavy atom. The van der Waals surface area contributed by atoms with Gasteiger partial charge in [-0.05, 0) is 37.1 Å². The van der Waals surface area contributed by atoms with Crippen LogP contribution >= 0.6 is 0 Å². The maximum atomic E-state index is 12.4. The van der Waals surface area contributed by atoms with Crippen LogP contribution in [0.1, 0.15) is 35.4 Å². The quantitative estimate of drug-likeness (QED) is 0.451. The first-order valence-corrected chi connectivity index (χ1v) is 10.0. The second-order valence-electron chi connectivity index (χ2n) is 7.25. The number of H-pyrrole nitrogens is 1. The van der Waals surface area contributed by atoms with Crippen molar-refractivity contribution in [3.05, 3.63) is 59.9 Å². The molecule has 0 unspecified atom stereocenters. The molecule has 0 spiro atoms. The van der Waals surface area contributed by atoms with Gasteiger partial charge in [0.15, 0.2) is 0 Å². The van der Waals surface area contributed by atoms with Gasteiger partial charge in [0.05, 0.1) is 22.3 Å². The van der Waals surface area contributed by atoms with E-state index in [-0.39, 0.29) is 30.6 Å². The third-order valence-electron chi connectivity index (χ3n) is 5.06.